The van der Waals surface area contributed by atoms with E-state index in [9.17, 15) is 13.2 Å². The molecule has 0 aliphatic heterocycles. The third kappa shape index (κ3) is 3.92. The van der Waals surface area contributed by atoms with Crippen LogP contribution in [0.5, 0.6) is 0 Å². The molecule has 8 heteroatoms. The maximum Gasteiger partial charge on any atom is 0.336 e. The monoisotopic (exact) mass is 372 g/mol. The van der Waals surface area contributed by atoms with E-state index in [0.717, 1.165) is 0 Å². The van der Waals surface area contributed by atoms with Gasteiger partial charge in [0.05, 0.1) is 22.5 Å². The van der Waals surface area contributed by atoms with E-state index in [2.05, 4.69) is 20.9 Å². The molecule has 112 valence electrons. The minimum Gasteiger partial charge on any atom is -0.478 e. The van der Waals surface area contributed by atoms with Crippen molar-refractivity contribution in [3.05, 3.63) is 47.0 Å². The van der Waals surface area contributed by atoms with E-state index in [-0.39, 0.29) is 16.2 Å². The third-order valence-electron chi connectivity index (χ3n) is 2.92. The first-order chi connectivity index (χ1) is 9.90. The maximum absolute atomic E-state index is 12.2. The molecule has 0 saturated heterocycles. The van der Waals surface area contributed by atoms with E-state index in [4.69, 9.17) is 5.11 Å². The van der Waals surface area contributed by atoms with Gasteiger partial charge in [0.15, 0.2) is 9.84 Å². The van der Waals surface area contributed by atoms with Crippen LogP contribution in [0.15, 0.2) is 46.3 Å². The predicted molar refractivity (Wildman–Crippen MR) is 80.0 cm³/mol. The Morgan fingerprint density at radius 3 is 2.76 bits per heavy atom. The highest BCUT2D eigenvalue weighted by Gasteiger charge is 2.18. The fourth-order valence-electron chi connectivity index (χ4n) is 1.84. The first-order valence-electron chi connectivity index (χ1n) is 6.11. The van der Waals surface area contributed by atoms with Gasteiger partial charge in [0, 0.05) is 23.4 Å². The molecule has 2 aromatic rings. The lowest BCUT2D eigenvalue weighted by Gasteiger charge is -2.07. The molecule has 0 atom stereocenters. The van der Waals surface area contributed by atoms with Crippen molar-refractivity contribution in [2.45, 2.75) is 17.9 Å². The topological polar surface area (TPSA) is 89.3 Å². The summed E-state index contributed by atoms with van der Waals surface area (Å²) >= 11 is 3.09. The molecule has 6 nitrogen and oxygen atoms in total. The van der Waals surface area contributed by atoms with Crippen molar-refractivity contribution >= 4 is 31.7 Å². The van der Waals surface area contributed by atoms with Crippen LogP contribution in [-0.4, -0.2) is 34.8 Å². The number of imidazole rings is 1. The van der Waals surface area contributed by atoms with Gasteiger partial charge in [-0.05, 0) is 40.5 Å². The summed E-state index contributed by atoms with van der Waals surface area (Å²) in [6, 6.07) is 4.02. The van der Waals surface area contributed by atoms with Gasteiger partial charge >= 0.3 is 5.97 Å². The molecule has 1 aromatic heterocycles. The lowest BCUT2D eigenvalue weighted by molar-refractivity contribution is 0.0695. The summed E-state index contributed by atoms with van der Waals surface area (Å²) in [4.78, 5) is 14.9. The second-order valence-electron chi connectivity index (χ2n) is 4.42. The van der Waals surface area contributed by atoms with Crippen LogP contribution >= 0.6 is 15.9 Å². The number of carbonyl (C=O) groups is 1. The average Bonchev–Trinajstić information content (AvgIpc) is 2.91. The highest BCUT2D eigenvalue weighted by molar-refractivity contribution is 9.10. The van der Waals surface area contributed by atoms with Crippen LogP contribution in [0.25, 0.3) is 0 Å². The van der Waals surface area contributed by atoms with Crippen molar-refractivity contribution in [3.8, 4) is 0 Å². The van der Waals surface area contributed by atoms with Gasteiger partial charge in [-0.1, -0.05) is 0 Å². The van der Waals surface area contributed by atoms with Crippen molar-refractivity contribution in [1.29, 1.82) is 0 Å². The van der Waals surface area contributed by atoms with Crippen LogP contribution in [-0.2, 0) is 16.4 Å². The van der Waals surface area contributed by atoms with E-state index in [1.807, 2.05) is 0 Å². The Balaban J connectivity index is 2.12. The molecule has 0 aliphatic rings. The van der Waals surface area contributed by atoms with Gasteiger partial charge in [-0.15, -0.1) is 0 Å². The van der Waals surface area contributed by atoms with Crippen LogP contribution in [0.3, 0.4) is 0 Å². The number of carboxylic acid groups (broad SMARTS) is 1. The van der Waals surface area contributed by atoms with E-state index < -0.39 is 15.8 Å². The van der Waals surface area contributed by atoms with Gasteiger partial charge < -0.3 is 9.67 Å². The molecule has 0 radical (unpaired) electrons. The first-order valence-corrected chi connectivity index (χ1v) is 8.56. The number of carboxylic acids is 1. The molecule has 1 heterocycles. The number of rotatable bonds is 6. The minimum atomic E-state index is -3.50. The van der Waals surface area contributed by atoms with Crippen molar-refractivity contribution in [2.75, 3.05) is 5.75 Å². The number of halogens is 1. The summed E-state index contributed by atoms with van der Waals surface area (Å²) in [6.45, 7) is 0.543. The number of hydrogen-bond donors (Lipinski definition) is 1. The maximum atomic E-state index is 12.2. The fraction of sp³-hybridized carbons (Fsp3) is 0.231. The lowest BCUT2D eigenvalue weighted by Crippen LogP contribution is -2.10. The molecule has 2 rings (SSSR count). The minimum absolute atomic E-state index is 0.0220. The van der Waals surface area contributed by atoms with Crippen LogP contribution in [0.4, 0.5) is 0 Å². The third-order valence-corrected chi connectivity index (χ3v) is 5.41. The second-order valence-corrected chi connectivity index (χ2v) is 7.38. The Labute approximate surface area is 130 Å². The largest absolute Gasteiger partial charge is 0.478 e. The number of sulfone groups is 1. The van der Waals surface area contributed by atoms with Gasteiger partial charge in [0.25, 0.3) is 0 Å². The molecular formula is C13H13BrN2O4S. The number of aromatic carboxylic acids is 1. The predicted octanol–water partition coefficient (Wildman–Crippen LogP) is 2.21. The van der Waals surface area contributed by atoms with Crippen molar-refractivity contribution in [2.24, 2.45) is 0 Å². The summed E-state index contributed by atoms with van der Waals surface area (Å²) in [6.07, 6.45) is 5.43. The highest BCUT2D eigenvalue weighted by atomic mass is 79.9. The zero-order valence-electron chi connectivity index (χ0n) is 10.9. The molecule has 0 bridgehead atoms. The van der Waals surface area contributed by atoms with Crippen molar-refractivity contribution in [3.63, 3.8) is 0 Å². The fourth-order valence-corrected chi connectivity index (χ4v) is 3.57. The summed E-state index contributed by atoms with van der Waals surface area (Å²) in [5, 5.41) is 9.02. The summed E-state index contributed by atoms with van der Waals surface area (Å²) in [5.74, 6) is -1.22. The Hall–Kier alpha value is -1.67. The zero-order valence-corrected chi connectivity index (χ0v) is 13.3. The van der Waals surface area contributed by atoms with Gasteiger partial charge in [-0.3, -0.25) is 0 Å². The smallest absolute Gasteiger partial charge is 0.336 e. The summed E-state index contributed by atoms with van der Waals surface area (Å²) in [7, 11) is -3.50. The average molecular weight is 373 g/mol. The molecule has 0 aliphatic carbocycles. The SMILES string of the molecule is O=C(O)c1cc(S(=O)(=O)CCCn2ccnc2)ccc1Br. The lowest BCUT2D eigenvalue weighted by atomic mass is 10.2. The molecule has 0 amide bonds. The molecular weight excluding hydrogens is 360 g/mol. The number of nitrogens with zero attached hydrogens (tertiary/aromatic N) is 2. The normalized spacial score (nSPS) is 11.5. The van der Waals surface area contributed by atoms with Gasteiger partial charge in [0.2, 0.25) is 0 Å². The number of aromatic nitrogens is 2. The van der Waals surface area contributed by atoms with Gasteiger partial charge in [-0.2, -0.15) is 0 Å². The Bertz CT molecular complexity index is 742. The van der Waals surface area contributed by atoms with Gasteiger partial charge in [-0.25, -0.2) is 18.2 Å². The zero-order chi connectivity index (χ0) is 15.5. The van der Waals surface area contributed by atoms with E-state index in [1.54, 1.807) is 23.3 Å². The summed E-state index contributed by atoms with van der Waals surface area (Å²) in [5.41, 5.74) is -0.0642. The summed E-state index contributed by atoms with van der Waals surface area (Å²) < 4.78 is 26.6. The molecule has 0 saturated carbocycles. The van der Waals surface area contributed by atoms with Crippen molar-refractivity contribution in [1.82, 2.24) is 9.55 Å². The van der Waals surface area contributed by atoms with Crippen LogP contribution in [0.1, 0.15) is 16.8 Å². The second kappa shape index (κ2) is 6.40. The van der Waals surface area contributed by atoms with E-state index >= 15 is 0 Å². The van der Waals surface area contributed by atoms with Crippen LogP contribution in [0.2, 0.25) is 0 Å². The molecule has 0 fully saturated rings. The molecule has 1 aromatic carbocycles. The molecule has 21 heavy (non-hydrogen) atoms. The van der Waals surface area contributed by atoms with E-state index in [0.29, 0.717) is 17.4 Å². The number of benzene rings is 1. The Morgan fingerprint density at radius 1 is 1.38 bits per heavy atom. The van der Waals surface area contributed by atoms with Crippen molar-refractivity contribution < 1.29 is 18.3 Å². The highest BCUT2D eigenvalue weighted by Crippen LogP contribution is 2.22. The molecule has 0 spiro atoms. The van der Waals surface area contributed by atoms with Crippen LogP contribution in [0, 0.1) is 0 Å². The standard InChI is InChI=1S/C13H13BrN2O4S/c14-12-3-2-10(8-11(12)13(17)18)21(19,20)7-1-5-16-6-4-15-9-16/h2-4,6,8-9H,1,5,7H2,(H,17,18). The van der Waals surface area contributed by atoms with Gasteiger partial charge in [0.1, 0.15) is 0 Å². The Morgan fingerprint density at radius 2 is 2.14 bits per heavy atom. The Kier molecular flexibility index (Phi) is 4.79. The molecule has 1 N–H and O–H groups in total. The first kappa shape index (κ1) is 15.7. The van der Waals surface area contributed by atoms with E-state index in [1.165, 1.54) is 18.2 Å². The van der Waals surface area contributed by atoms with Crippen LogP contribution < -0.4 is 0 Å². The quantitative estimate of drug-likeness (QED) is 0.839. The number of aryl methyl sites for hydroxylation is 1. The number of hydrogen-bond acceptors (Lipinski definition) is 4. The molecule has 0 unspecified atom stereocenters.